The maximum atomic E-state index is 12.6. The SMILES string of the molecule is CCCNC(=O)C1CCN(c2ccc(SCC(=O)Nc3ccc(C(F)(F)F)cc3)nn2)CC1. The van der Waals surface area contributed by atoms with Crippen molar-refractivity contribution in [2.45, 2.75) is 37.4 Å². The average Bonchev–Trinajstić information content (AvgIpc) is 2.81. The van der Waals surface area contributed by atoms with Gasteiger partial charge in [-0.1, -0.05) is 18.7 Å². The van der Waals surface area contributed by atoms with Crippen molar-refractivity contribution < 1.29 is 22.8 Å². The molecular weight excluding hydrogens is 455 g/mol. The van der Waals surface area contributed by atoms with Crippen LogP contribution in [-0.4, -0.2) is 47.4 Å². The number of carbonyl (C=O) groups excluding carboxylic acids is 2. The molecule has 1 fully saturated rings. The number of nitrogens with one attached hydrogen (secondary N) is 2. The molecule has 0 saturated carbocycles. The van der Waals surface area contributed by atoms with Crippen LogP contribution in [0, 0.1) is 5.92 Å². The number of halogens is 3. The lowest BCUT2D eigenvalue weighted by Crippen LogP contribution is -2.41. The van der Waals surface area contributed by atoms with E-state index in [1.165, 1.54) is 23.9 Å². The maximum absolute atomic E-state index is 12.6. The van der Waals surface area contributed by atoms with Crippen molar-refractivity contribution in [3.05, 3.63) is 42.0 Å². The second-order valence-corrected chi connectivity index (χ2v) is 8.69. The van der Waals surface area contributed by atoms with Crippen molar-refractivity contribution in [2.75, 3.05) is 35.6 Å². The molecular formula is C22H26F3N5O2S. The van der Waals surface area contributed by atoms with Crippen LogP contribution in [0.1, 0.15) is 31.7 Å². The van der Waals surface area contributed by atoms with Crippen molar-refractivity contribution >= 4 is 35.1 Å². The molecule has 2 N–H and O–H groups in total. The zero-order valence-corrected chi connectivity index (χ0v) is 19.0. The molecule has 1 aromatic heterocycles. The molecule has 11 heteroatoms. The lowest BCUT2D eigenvalue weighted by atomic mass is 9.96. The predicted molar refractivity (Wildman–Crippen MR) is 121 cm³/mol. The number of nitrogens with zero attached hydrogens (tertiary/aromatic N) is 3. The third-order valence-corrected chi connectivity index (χ3v) is 6.13. The summed E-state index contributed by atoms with van der Waals surface area (Å²) in [4.78, 5) is 26.3. The summed E-state index contributed by atoms with van der Waals surface area (Å²) in [7, 11) is 0. The minimum atomic E-state index is -4.41. The van der Waals surface area contributed by atoms with Gasteiger partial charge in [0.1, 0.15) is 5.03 Å². The summed E-state index contributed by atoms with van der Waals surface area (Å²) in [6.07, 6.45) is -1.97. The number of thioether (sulfide) groups is 1. The minimum Gasteiger partial charge on any atom is -0.356 e. The highest BCUT2D eigenvalue weighted by Crippen LogP contribution is 2.30. The van der Waals surface area contributed by atoms with Crippen LogP contribution in [0.2, 0.25) is 0 Å². The molecule has 0 aliphatic carbocycles. The number of carbonyl (C=O) groups is 2. The van der Waals surface area contributed by atoms with E-state index in [9.17, 15) is 22.8 Å². The Labute approximate surface area is 194 Å². The molecule has 0 atom stereocenters. The molecule has 2 amide bonds. The molecule has 1 saturated heterocycles. The van der Waals surface area contributed by atoms with Crippen molar-refractivity contribution in [2.24, 2.45) is 5.92 Å². The Balaban J connectivity index is 1.43. The van der Waals surface area contributed by atoms with E-state index < -0.39 is 11.7 Å². The zero-order valence-electron chi connectivity index (χ0n) is 18.2. The molecule has 0 unspecified atom stereocenters. The Morgan fingerprint density at radius 3 is 2.36 bits per heavy atom. The first kappa shape index (κ1) is 24.8. The van der Waals surface area contributed by atoms with Crippen LogP contribution >= 0.6 is 11.8 Å². The standard InChI is InChI=1S/C22H26F3N5O2S/c1-2-11-26-21(32)15-9-12-30(13-10-15)18-7-8-20(29-28-18)33-14-19(31)27-17-5-3-16(4-6-17)22(23,24)25/h3-8,15H,2,9-14H2,1H3,(H,26,32)(H,27,31). The second-order valence-electron chi connectivity index (χ2n) is 7.69. The van der Waals surface area contributed by atoms with E-state index in [0.29, 0.717) is 17.3 Å². The van der Waals surface area contributed by atoms with Gasteiger partial charge in [0.25, 0.3) is 0 Å². The highest BCUT2D eigenvalue weighted by molar-refractivity contribution is 7.99. The van der Waals surface area contributed by atoms with E-state index in [-0.39, 0.29) is 23.5 Å². The van der Waals surface area contributed by atoms with E-state index >= 15 is 0 Å². The van der Waals surface area contributed by atoms with Crippen molar-refractivity contribution in [3.8, 4) is 0 Å². The third kappa shape index (κ3) is 7.34. The van der Waals surface area contributed by atoms with Gasteiger partial charge in [0, 0.05) is 31.2 Å². The van der Waals surface area contributed by atoms with Crippen molar-refractivity contribution in [3.63, 3.8) is 0 Å². The molecule has 3 rings (SSSR count). The van der Waals surface area contributed by atoms with Crippen LogP contribution in [0.15, 0.2) is 41.4 Å². The summed E-state index contributed by atoms with van der Waals surface area (Å²) in [5.74, 6) is 0.561. The van der Waals surface area contributed by atoms with E-state index in [4.69, 9.17) is 0 Å². The van der Waals surface area contributed by atoms with Gasteiger partial charge < -0.3 is 15.5 Å². The number of aromatic nitrogens is 2. The number of alkyl halides is 3. The monoisotopic (exact) mass is 481 g/mol. The lowest BCUT2D eigenvalue weighted by molar-refractivity contribution is -0.137. The van der Waals surface area contributed by atoms with Gasteiger partial charge in [-0.25, -0.2) is 0 Å². The number of benzene rings is 1. The topological polar surface area (TPSA) is 87.2 Å². The molecule has 0 radical (unpaired) electrons. The first-order valence-electron chi connectivity index (χ1n) is 10.7. The van der Waals surface area contributed by atoms with Crippen LogP contribution in [0.25, 0.3) is 0 Å². The van der Waals surface area contributed by atoms with E-state index in [2.05, 4.69) is 25.7 Å². The van der Waals surface area contributed by atoms with Gasteiger partial charge in [-0.3, -0.25) is 9.59 Å². The summed E-state index contributed by atoms with van der Waals surface area (Å²) in [6, 6.07) is 7.90. The Hall–Kier alpha value is -2.82. The third-order valence-electron chi connectivity index (χ3n) is 5.21. The number of piperidine rings is 1. The van der Waals surface area contributed by atoms with E-state index in [1.807, 2.05) is 13.0 Å². The molecule has 178 valence electrons. The molecule has 7 nitrogen and oxygen atoms in total. The van der Waals surface area contributed by atoms with Crippen LogP contribution in [0.3, 0.4) is 0 Å². The quantitative estimate of drug-likeness (QED) is 0.555. The summed E-state index contributed by atoms with van der Waals surface area (Å²) in [5, 5.41) is 14.5. The summed E-state index contributed by atoms with van der Waals surface area (Å²) >= 11 is 1.19. The lowest BCUT2D eigenvalue weighted by Gasteiger charge is -2.31. The van der Waals surface area contributed by atoms with Gasteiger partial charge in [0.2, 0.25) is 11.8 Å². The molecule has 1 aromatic carbocycles. The van der Waals surface area contributed by atoms with Crippen LogP contribution in [0.5, 0.6) is 0 Å². The normalized spacial score (nSPS) is 14.7. The zero-order chi connectivity index (χ0) is 23.8. The van der Waals surface area contributed by atoms with Crippen LogP contribution in [-0.2, 0) is 15.8 Å². The number of rotatable bonds is 8. The van der Waals surface area contributed by atoms with Gasteiger partial charge in [-0.15, -0.1) is 10.2 Å². The van der Waals surface area contributed by atoms with E-state index in [0.717, 1.165) is 50.3 Å². The molecule has 0 spiro atoms. The Kier molecular flexibility index (Phi) is 8.54. The Bertz CT molecular complexity index is 931. The predicted octanol–water partition coefficient (Wildman–Crippen LogP) is 3.97. The van der Waals surface area contributed by atoms with Gasteiger partial charge in [-0.2, -0.15) is 13.2 Å². The molecule has 0 bridgehead atoms. The molecule has 1 aliphatic heterocycles. The fraction of sp³-hybridized carbons (Fsp3) is 0.455. The van der Waals surface area contributed by atoms with Gasteiger partial charge >= 0.3 is 6.18 Å². The molecule has 33 heavy (non-hydrogen) atoms. The number of amides is 2. The minimum absolute atomic E-state index is 0.0266. The number of hydrogen-bond donors (Lipinski definition) is 2. The molecule has 1 aliphatic rings. The summed E-state index contributed by atoms with van der Waals surface area (Å²) < 4.78 is 37.8. The molecule has 2 heterocycles. The van der Waals surface area contributed by atoms with Crippen LogP contribution in [0.4, 0.5) is 24.7 Å². The Morgan fingerprint density at radius 2 is 1.79 bits per heavy atom. The average molecular weight is 482 g/mol. The first-order chi connectivity index (χ1) is 15.8. The van der Waals surface area contributed by atoms with E-state index in [1.54, 1.807) is 6.07 Å². The summed E-state index contributed by atoms with van der Waals surface area (Å²) in [6.45, 7) is 4.17. The molecule has 2 aromatic rings. The van der Waals surface area contributed by atoms with Gasteiger partial charge in [0.05, 0.1) is 11.3 Å². The second kappa shape index (κ2) is 11.4. The van der Waals surface area contributed by atoms with Gasteiger partial charge in [-0.05, 0) is 55.7 Å². The smallest absolute Gasteiger partial charge is 0.356 e. The fourth-order valence-electron chi connectivity index (χ4n) is 3.40. The first-order valence-corrected chi connectivity index (χ1v) is 11.7. The van der Waals surface area contributed by atoms with Gasteiger partial charge in [0.15, 0.2) is 5.82 Å². The highest BCUT2D eigenvalue weighted by atomic mass is 32.2. The summed E-state index contributed by atoms with van der Waals surface area (Å²) in [5.41, 5.74) is -0.476. The number of anilines is 2. The van der Waals surface area contributed by atoms with Crippen molar-refractivity contribution in [1.82, 2.24) is 15.5 Å². The largest absolute Gasteiger partial charge is 0.416 e. The maximum Gasteiger partial charge on any atom is 0.416 e. The van der Waals surface area contributed by atoms with Crippen molar-refractivity contribution in [1.29, 1.82) is 0 Å². The fourth-order valence-corrected chi connectivity index (χ4v) is 4.02. The number of hydrogen-bond acceptors (Lipinski definition) is 6. The highest BCUT2D eigenvalue weighted by Gasteiger charge is 2.30. The van der Waals surface area contributed by atoms with Crippen LogP contribution < -0.4 is 15.5 Å². The Morgan fingerprint density at radius 1 is 1.09 bits per heavy atom.